The second-order valence-corrected chi connectivity index (χ2v) is 2.94. The minimum Gasteiger partial charge on any atom is -0.291 e. The van der Waals surface area contributed by atoms with Gasteiger partial charge in [0.05, 0.1) is 5.69 Å². The lowest BCUT2D eigenvalue weighted by Gasteiger charge is -2.08. The molecule has 2 nitrogen and oxygen atoms in total. The SMILES string of the molecule is C=C(C)c1ccc(C)cc1NO. The Morgan fingerprint density at radius 2 is 2.17 bits per heavy atom. The highest BCUT2D eigenvalue weighted by Crippen LogP contribution is 2.22. The first-order valence-electron chi connectivity index (χ1n) is 3.82. The number of hydrogen-bond acceptors (Lipinski definition) is 2. The van der Waals surface area contributed by atoms with Crippen molar-refractivity contribution < 1.29 is 5.21 Å². The van der Waals surface area contributed by atoms with E-state index in [1.165, 1.54) is 0 Å². The van der Waals surface area contributed by atoms with Gasteiger partial charge in [-0.1, -0.05) is 18.7 Å². The van der Waals surface area contributed by atoms with E-state index in [0.717, 1.165) is 16.7 Å². The molecule has 1 aromatic carbocycles. The molecule has 0 spiro atoms. The van der Waals surface area contributed by atoms with Crippen molar-refractivity contribution >= 4 is 11.3 Å². The molecule has 0 atom stereocenters. The number of rotatable bonds is 2. The summed E-state index contributed by atoms with van der Waals surface area (Å²) in [5.41, 5.74) is 5.86. The summed E-state index contributed by atoms with van der Waals surface area (Å²) < 4.78 is 0. The lowest BCUT2D eigenvalue weighted by Crippen LogP contribution is -1.94. The zero-order chi connectivity index (χ0) is 9.14. The minimum atomic E-state index is 0.711. The maximum Gasteiger partial charge on any atom is 0.0679 e. The van der Waals surface area contributed by atoms with Crippen LogP contribution in [-0.4, -0.2) is 5.21 Å². The summed E-state index contributed by atoms with van der Waals surface area (Å²) in [6.07, 6.45) is 0. The van der Waals surface area contributed by atoms with Gasteiger partial charge >= 0.3 is 0 Å². The van der Waals surface area contributed by atoms with Crippen molar-refractivity contribution in [1.29, 1.82) is 0 Å². The Hall–Kier alpha value is -1.28. The van der Waals surface area contributed by atoms with Crippen molar-refractivity contribution in [3.05, 3.63) is 35.9 Å². The molecule has 0 unspecified atom stereocenters. The molecule has 2 heteroatoms. The predicted molar refractivity (Wildman–Crippen MR) is 51.3 cm³/mol. The first-order chi connectivity index (χ1) is 5.65. The highest BCUT2D eigenvalue weighted by Gasteiger charge is 2.01. The summed E-state index contributed by atoms with van der Waals surface area (Å²) in [5.74, 6) is 0. The fourth-order valence-electron chi connectivity index (χ4n) is 1.12. The topological polar surface area (TPSA) is 32.3 Å². The molecule has 0 fully saturated rings. The van der Waals surface area contributed by atoms with E-state index >= 15 is 0 Å². The first kappa shape index (κ1) is 8.81. The molecule has 1 rings (SSSR count). The van der Waals surface area contributed by atoms with Gasteiger partial charge in [-0.15, -0.1) is 0 Å². The van der Waals surface area contributed by atoms with Crippen LogP contribution in [0.4, 0.5) is 5.69 Å². The highest BCUT2D eigenvalue weighted by molar-refractivity contribution is 5.73. The number of benzene rings is 1. The van der Waals surface area contributed by atoms with Crippen molar-refractivity contribution in [2.45, 2.75) is 13.8 Å². The fraction of sp³-hybridized carbons (Fsp3) is 0.200. The molecule has 0 aliphatic heterocycles. The molecule has 2 N–H and O–H groups in total. The summed E-state index contributed by atoms with van der Waals surface area (Å²) in [6, 6.07) is 5.81. The average molecular weight is 163 g/mol. The Morgan fingerprint density at radius 1 is 1.50 bits per heavy atom. The van der Waals surface area contributed by atoms with E-state index in [2.05, 4.69) is 12.1 Å². The van der Waals surface area contributed by atoms with Crippen LogP contribution in [0, 0.1) is 6.92 Å². The number of aryl methyl sites for hydroxylation is 1. The van der Waals surface area contributed by atoms with E-state index in [0.29, 0.717) is 5.69 Å². The van der Waals surface area contributed by atoms with Gasteiger partial charge in [-0.3, -0.25) is 10.7 Å². The van der Waals surface area contributed by atoms with Crippen LogP contribution in [0.3, 0.4) is 0 Å². The third kappa shape index (κ3) is 1.66. The van der Waals surface area contributed by atoms with Gasteiger partial charge in [0.1, 0.15) is 0 Å². The monoisotopic (exact) mass is 163 g/mol. The lowest BCUT2D eigenvalue weighted by molar-refractivity contribution is 0.388. The van der Waals surface area contributed by atoms with Gasteiger partial charge in [-0.25, -0.2) is 0 Å². The highest BCUT2D eigenvalue weighted by atomic mass is 16.5. The number of allylic oxidation sites excluding steroid dienone is 1. The van der Waals surface area contributed by atoms with Crippen molar-refractivity contribution in [3.8, 4) is 0 Å². The average Bonchev–Trinajstić information content (AvgIpc) is 2.03. The molecular weight excluding hydrogens is 150 g/mol. The minimum absolute atomic E-state index is 0.711. The second kappa shape index (κ2) is 3.41. The summed E-state index contributed by atoms with van der Waals surface area (Å²) in [5, 5.41) is 8.80. The van der Waals surface area contributed by atoms with E-state index in [-0.39, 0.29) is 0 Å². The summed E-state index contributed by atoms with van der Waals surface area (Å²) >= 11 is 0. The van der Waals surface area contributed by atoms with Gasteiger partial charge in [-0.2, -0.15) is 0 Å². The Bertz CT molecular complexity index is 305. The summed E-state index contributed by atoms with van der Waals surface area (Å²) in [6.45, 7) is 7.70. The van der Waals surface area contributed by atoms with Crippen LogP contribution in [0.5, 0.6) is 0 Å². The van der Waals surface area contributed by atoms with Crippen LogP contribution >= 0.6 is 0 Å². The van der Waals surface area contributed by atoms with Gasteiger partial charge in [0, 0.05) is 5.56 Å². The molecular formula is C10H13NO. The van der Waals surface area contributed by atoms with Crippen molar-refractivity contribution in [2.24, 2.45) is 0 Å². The van der Waals surface area contributed by atoms with Gasteiger partial charge in [0.25, 0.3) is 0 Å². The molecule has 0 saturated heterocycles. The fourth-order valence-corrected chi connectivity index (χ4v) is 1.12. The molecule has 12 heavy (non-hydrogen) atoms. The summed E-state index contributed by atoms with van der Waals surface area (Å²) in [4.78, 5) is 0. The number of nitrogens with one attached hydrogen (secondary N) is 1. The maximum atomic E-state index is 8.80. The third-order valence-corrected chi connectivity index (χ3v) is 1.76. The standard InChI is InChI=1S/C10H13NO/c1-7(2)9-5-4-8(3)6-10(9)11-12/h4-6,11-12H,1H2,2-3H3. The van der Waals surface area contributed by atoms with Gasteiger partial charge in [0.2, 0.25) is 0 Å². The zero-order valence-electron chi connectivity index (χ0n) is 7.39. The molecule has 0 radical (unpaired) electrons. The van der Waals surface area contributed by atoms with Crippen molar-refractivity contribution in [1.82, 2.24) is 0 Å². The first-order valence-corrected chi connectivity index (χ1v) is 3.82. The van der Waals surface area contributed by atoms with Gasteiger partial charge in [-0.05, 0) is 31.1 Å². The van der Waals surface area contributed by atoms with E-state index < -0.39 is 0 Å². The van der Waals surface area contributed by atoms with E-state index in [9.17, 15) is 0 Å². The molecule has 0 aliphatic carbocycles. The molecule has 64 valence electrons. The van der Waals surface area contributed by atoms with Crippen LogP contribution < -0.4 is 5.48 Å². The molecule has 0 aromatic heterocycles. The Balaban J connectivity index is 3.20. The summed E-state index contributed by atoms with van der Waals surface area (Å²) in [7, 11) is 0. The molecule has 0 amide bonds. The largest absolute Gasteiger partial charge is 0.291 e. The predicted octanol–water partition coefficient (Wildman–Crippen LogP) is 2.83. The normalized spacial score (nSPS) is 9.58. The Labute approximate surface area is 72.5 Å². The Morgan fingerprint density at radius 3 is 2.67 bits per heavy atom. The maximum absolute atomic E-state index is 8.80. The van der Waals surface area contributed by atoms with Crippen molar-refractivity contribution in [2.75, 3.05) is 5.48 Å². The molecule has 1 aromatic rings. The third-order valence-electron chi connectivity index (χ3n) is 1.76. The number of anilines is 1. The quantitative estimate of drug-likeness (QED) is 0.657. The second-order valence-electron chi connectivity index (χ2n) is 2.94. The number of hydrogen-bond donors (Lipinski definition) is 2. The van der Waals surface area contributed by atoms with Crippen LogP contribution in [0.15, 0.2) is 24.8 Å². The van der Waals surface area contributed by atoms with Crippen LogP contribution in [0.2, 0.25) is 0 Å². The van der Waals surface area contributed by atoms with Gasteiger partial charge in [0.15, 0.2) is 0 Å². The smallest absolute Gasteiger partial charge is 0.0679 e. The van der Waals surface area contributed by atoms with E-state index in [1.54, 1.807) is 0 Å². The van der Waals surface area contributed by atoms with Crippen LogP contribution in [0.25, 0.3) is 5.57 Å². The molecule has 0 saturated carbocycles. The van der Waals surface area contributed by atoms with Crippen LogP contribution in [0.1, 0.15) is 18.1 Å². The van der Waals surface area contributed by atoms with Crippen molar-refractivity contribution in [3.63, 3.8) is 0 Å². The van der Waals surface area contributed by atoms with Gasteiger partial charge < -0.3 is 0 Å². The Kier molecular flexibility index (Phi) is 2.51. The van der Waals surface area contributed by atoms with E-state index in [1.807, 2.05) is 32.0 Å². The van der Waals surface area contributed by atoms with E-state index in [4.69, 9.17) is 5.21 Å². The lowest BCUT2D eigenvalue weighted by atomic mass is 10.0. The zero-order valence-corrected chi connectivity index (χ0v) is 7.39. The molecule has 0 heterocycles. The molecule has 0 aliphatic rings. The molecule has 0 bridgehead atoms. The van der Waals surface area contributed by atoms with Crippen LogP contribution in [-0.2, 0) is 0 Å².